The largest absolute Gasteiger partial charge is 0.399 e. The minimum absolute atomic E-state index is 0.543. The molecule has 4 heteroatoms. The number of hydrogen-bond acceptors (Lipinski definition) is 3. The second-order valence-electron chi connectivity index (χ2n) is 4.41. The maximum Gasteiger partial charge on any atom is 0.0658 e. The van der Waals surface area contributed by atoms with E-state index in [1.807, 2.05) is 23.9 Å². The van der Waals surface area contributed by atoms with E-state index in [1.165, 1.54) is 25.0 Å². The Morgan fingerprint density at radius 3 is 3.00 bits per heavy atom. The number of thioether (sulfide) groups is 1. The van der Waals surface area contributed by atoms with Crippen LogP contribution >= 0.6 is 23.4 Å². The van der Waals surface area contributed by atoms with Gasteiger partial charge in [0.15, 0.2) is 0 Å². The van der Waals surface area contributed by atoms with Crippen LogP contribution in [-0.4, -0.2) is 17.0 Å². The Bertz CT molecular complexity index is 384. The third-order valence-electron chi connectivity index (χ3n) is 3.17. The van der Waals surface area contributed by atoms with Crippen LogP contribution in [-0.2, 0) is 0 Å². The maximum atomic E-state index is 6.18. The third kappa shape index (κ3) is 3.23. The van der Waals surface area contributed by atoms with E-state index in [1.54, 1.807) is 6.07 Å². The molecule has 17 heavy (non-hydrogen) atoms. The van der Waals surface area contributed by atoms with Crippen LogP contribution in [0.4, 0.5) is 11.4 Å². The predicted octanol–water partition coefficient (Wildman–Crippen LogP) is 4.01. The summed E-state index contributed by atoms with van der Waals surface area (Å²) in [5.74, 6) is 1.18. The fourth-order valence-corrected chi connectivity index (χ4v) is 3.79. The van der Waals surface area contributed by atoms with Crippen LogP contribution in [0.25, 0.3) is 0 Å². The van der Waals surface area contributed by atoms with E-state index in [4.69, 9.17) is 17.3 Å². The van der Waals surface area contributed by atoms with Gasteiger partial charge in [0.2, 0.25) is 0 Å². The summed E-state index contributed by atoms with van der Waals surface area (Å²) >= 11 is 8.23. The van der Waals surface area contributed by atoms with Crippen molar-refractivity contribution in [2.24, 2.45) is 0 Å². The van der Waals surface area contributed by atoms with Gasteiger partial charge in [-0.15, -0.1) is 0 Å². The van der Waals surface area contributed by atoms with E-state index >= 15 is 0 Å². The lowest BCUT2D eigenvalue weighted by Gasteiger charge is -2.22. The Balaban J connectivity index is 2.04. The first-order chi connectivity index (χ1) is 8.20. The average Bonchev–Trinajstić information content (AvgIpc) is 2.71. The standard InChI is InChI=1S/C13H19ClN2S/c1-2-17-13-5-3-4-12(13)16-11-7-6-9(15)8-10(11)14/h6-8,12-13,16H,2-5,15H2,1H3. The molecule has 1 fully saturated rings. The molecule has 0 amide bonds. The van der Waals surface area contributed by atoms with Crippen molar-refractivity contribution in [3.05, 3.63) is 23.2 Å². The fraction of sp³-hybridized carbons (Fsp3) is 0.538. The highest BCUT2D eigenvalue weighted by Gasteiger charge is 2.27. The second kappa shape index (κ2) is 5.87. The normalized spacial score (nSPS) is 23.9. The molecule has 2 atom stereocenters. The number of nitrogens with two attached hydrogens (primary N) is 1. The molecule has 1 aliphatic rings. The Labute approximate surface area is 112 Å². The highest BCUT2D eigenvalue weighted by Crippen LogP contribution is 2.34. The predicted molar refractivity (Wildman–Crippen MR) is 79.0 cm³/mol. The summed E-state index contributed by atoms with van der Waals surface area (Å²) in [7, 11) is 0. The van der Waals surface area contributed by atoms with Gasteiger partial charge >= 0.3 is 0 Å². The first-order valence-corrected chi connectivity index (χ1v) is 7.56. The molecule has 0 heterocycles. The number of anilines is 2. The van der Waals surface area contributed by atoms with Gasteiger partial charge in [-0.3, -0.25) is 0 Å². The number of nitrogen functional groups attached to an aromatic ring is 1. The van der Waals surface area contributed by atoms with Gasteiger partial charge in [0.25, 0.3) is 0 Å². The van der Waals surface area contributed by atoms with Crippen LogP contribution in [0.1, 0.15) is 26.2 Å². The molecule has 0 aromatic heterocycles. The van der Waals surface area contributed by atoms with Crippen LogP contribution in [0.15, 0.2) is 18.2 Å². The van der Waals surface area contributed by atoms with Crippen LogP contribution in [0, 0.1) is 0 Å². The van der Waals surface area contributed by atoms with E-state index in [2.05, 4.69) is 12.2 Å². The molecule has 1 aromatic carbocycles. The first-order valence-electron chi connectivity index (χ1n) is 6.14. The van der Waals surface area contributed by atoms with Crippen molar-refractivity contribution in [3.63, 3.8) is 0 Å². The molecule has 1 aliphatic carbocycles. The summed E-state index contributed by atoms with van der Waals surface area (Å²) < 4.78 is 0. The smallest absolute Gasteiger partial charge is 0.0658 e. The van der Waals surface area contributed by atoms with Gasteiger partial charge in [0.05, 0.1) is 10.7 Å². The molecule has 1 aromatic rings. The number of nitrogens with one attached hydrogen (secondary N) is 1. The zero-order valence-electron chi connectivity index (χ0n) is 10.1. The number of halogens is 1. The number of hydrogen-bond donors (Lipinski definition) is 2. The molecule has 0 spiro atoms. The summed E-state index contributed by atoms with van der Waals surface area (Å²) in [6, 6.07) is 6.22. The van der Waals surface area contributed by atoms with Gasteiger partial charge in [-0.2, -0.15) is 11.8 Å². The highest BCUT2D eigenvalue weighted by molar-refractivity contribution is 7.99. The van der Waals surface area contributed by atoms with Crippen LogP contribution in [0.3, 0.4) is 0 Å². The zero-order chi connectivity index (χ0) is 12.3. The maximum absolute atomic E-state index is 6.18. The molecule has 94 valence electrons. The van der Waals surface area contributed by atoms with Crippen molar-refractivity contribution in [2.45, 2.75) is 37.5 Å². The van der Waals surface area contributed by atoms with Crippen molar-refractivity contribution in [3.8, 4) is 0 Å². The molecule has 0 bridgehead atoms. The van der Waals surface area contributed by atoms with Crippen molar-refractivity contribution >= 4 is 34.7 Å². The molecule has 0 saturated heterocycles. The molecule has 2 unspecified atom stereocenters. The first kappa shape index (κ1) is 12.9. The van der Waals surface area contributed by atoms with E-state index < -0.39 is 0 Å². The molecule has 2 rings (SSSR count). The lowest BCUT2D eigenvalue weighted by molar-refractivity contribution is 0.768. The van der Waals surface area contributed by atoms with E-state index in [9.17, 15) is 0 Å². The van der Waals surface area contributed by atoms with Crippen molar-refractivity contribution in [1.82, 2.24) is 0 Å². The zero-order valence-corrected chi connectivity index (χ0v) is 11.7. The van der Waals surface area contributed by atoms with E-state index in [-0.39, 0.29) is 0 Å². The number of benzene rings is 1. The SMILES string of the molecule is CCSC1CCCC1Nc1ccc(N)cc1Cl. The second-order valence-corrected chi connectivity index (χ2v) is 6.34. The van der Waals surface area contributed by atoms with Gasteiger partial charge in [-0.05, 0) is 36.8 Å². The highest BCUT2D eigenvalue weighted by atomic mass is 35.5. The van der Waals surface area contributed by atoms with Crippen molar-refractivity contribution < 1.29 is 0 Å². The minimum Gasteiger partial charge on any atom is -0.399 e. The van der Waals surface area contributed by atoms with Crippen LogP contribution in [0.5, 0.6) is 0 Å². The lowest BCUT2D eigenvalue weighted by Crippen LogP contribution is -2.26. The van der Waals surface area contributed by atoms with E-state index in [0.29, 0.717) is 17.0 Å². The molecule has 1 saturated carbocycles. The Morgan fingerprint density at radius 1 is 1.47 bits per heavy atom. The van der Waals surface area contributed by atoms with Gasteiger partial charge in [-0.1, -0.05) is 24.9 Å². The quantitative estimate of drug-likeness (QED) is 0.812. The van der Waals surface area contributed by atoms with E-state index in [0.717, 1.165) is 10.7 Å². The molecule has 0 aliphatic heterocycles. The molecule has 2 nitrogen and oxygen atoms in total. The summed E-state index contributed by atoms with van der Waals surface area (Å²) in [5.41, 5.74) is 7.42. The van der Waals surface area contributed by atoms with Gasteiger partial charge < -0.3 is 11.1 Å². The summed E-state index contributed by atoms with van der Waals surface area (Å²) in [6.45, 7) is 2.22. The topological polar surface area (TPSA) is 38.0 Å². The summed E-state index contributed by atoms with van der Waals surface area (Å²) in [4.78, 5) is 0. The van der Waals surface area contributed by atoms with Crippen LogP contribution in [0.2, 0.25) is 5.02 Å². The lowest BCUT2D eigenvalue weighted by atomic mass is 10.2. The Hall–Kier alpha value is -0.540. The average molecular weight is 271 g/mol. The minimum atomic E-state index is 0.543. The van der Waals surface area contributed by atoms with Crippen LogP contribution < -0.4 is 11.1 Å². The van der Waals surface area contributed by atoms with Crippen molar-refractivity contribution in [2.75, 3.05) is 16.8 Å². The summed E-state index contributed by atoms with van der Waals surface area (Å²) in [6.07, 6.45) is 3.85. The van der Waals surface area contributed by atoms with Gasteiger partial charge in [-0.25, -0.2) is 0 Å². The van der Waals surface area contributed by atoms with Gasteiger partial charge in [0.1, 0.15) is 0 Å². The monoisotopic (exact) mass is 270 g/mol. The summed E-state index contributed by atoms with van der Waals surface area (Å²) in [5, 5.41) is 5.00. The Kier molecular flexibility index (Phi) is 4.46. The third-order valence-corrected chi connectivity index (χ3v) is 4.81. The fourth-order valence-electron chi connectivity index (χ4n) is 2.35. The van der Waals surface area contributed by atoms with Gasteiger partial charge in [0, 0.05) is 17.0 Å². The molecule has 0 radical (unpaired) electrons. The Morgan fingerprint density at radius 2 is 2.29 bits per heavy atom. The molecular weight excluding hydrogens is 252 g/mol. The molecule has 3 N–H and O–H groups in total. The number of rotatable bonds is 4. The van der Waals surface area contributed by atoms with Crippen molar-refractivity contribution in [1.29, 1.82) is 0 Å². The molecular formula is C13H19ClN2S.